The molecule has 0 spiro atoms. The monoisotopic (exact) mass is 523 g/mol. The number of thiophene rings is 1. The molecule has 0 saturated carbocycles. The summed E-state index contributed by atoms with van der Waals surface area (Å²) in [5, 5.41) is 24.1. The van der Waals surface area contributed by atoms with E-state index in [9.17, 15) is 24.3 Å². The van der Waals surface area contributed by atoms with Crippen LogP contribution >= 0.6 is 11.3 Å². The molecule has 10 nitrogen and oxygen atoms in total. The Morgan fingerprint density at radius 3 is 2.35 bits per heavy atom. The highest BCUT2D eigenvalue weighted by atomic mass is 32.1. The number of nitrogens with one attached hydrogen (secondary N) is 2. The molecule has 0 fully saturated rings. The zero-order valence-corrected chi connectivity index (χ0v) is 20.7. The molecule has 2 amide bonds. The molecule has 0 saturated heterocycles. The molecule has 1 aliphatic rings. The first-order chi connectivity index (χ1) is 17.7. The van der Waals surface area contributed by atoms with E-state index in [1.54, 1.807) is 4.90 Å². The van der Waals surface area contributed by atoms with Gasteiger partial charge in [-0.2, -0.15) is 0 Å². The van der Waals surface area contributed by atoms with Crippen LogP contribution in [0.4, 0.5) is 5.00 Å². The van der Waals surface area contributed by atoms with Crippen molar-refractivity contribution in [3.05, 3.63) is 76.2 Å². The lowest BCUT2D eigenvalue weighted by Crippen LogP contribution is -2.40. The highest BCUT2D eigenvalue weighted by Gasteiger charge is 2.32. The molecule has 0 bridgehead atoms. The van der Waals surface area contributed by atoms with E-state index in [1.165, 1.54) is 6.92 Å². The number of ether oxygens (including phenoxy) is 1. The molecule has 3 aromatic rings. The largest absolute Gasteiger partial charge is 0.478 e. The molecule has 1 aliphatic heterocycles. The van der Waals surface area contributed by atoms with Crippen molar-refractivity contribution in [3.8, 4) is 11.5 Å². The maximum atomic E-state index is 12.5. The second-order valence-corrected chi connectivity index (χ2v) is 9.48. The van der Waals surface area contributed by atoms with Gasteiger partial charge in [-0.3, -0.25) is 9.59 Å². The normalized spacial score (nSPS) is 14.4. The third kappa shape index (κ3) is 6.13. The summed E-state index contributed by atoms with van der Waals surface area (Å²) in [6, 6.07) is 16.4. The van der Waals surface area contributed by atoms with E-state index in [0.29, 0.717) is 35.7 Å². The van der Waals surface area contributed by atoms with Crippen LogP contribution in [-0.4, -0.2) is 52.0 Å². The Hall–Kier alpha value is -4.22. The summed E-state index contributed by atoms with van der Waals surface area (Å²) < 4.78 is 5.82. The Bertz CT molecular complexity index is 1320. The number of hydrogen-bond donors (Lipinski definition) is 4. The highest BCUT2D eigenvalue weighted by Crippen LogP contribution is 2.40. The molecule has 1 aromatic heterocycles. The molecule has 1 atom stereocenters. The average molecular weight is 524 g/mol. The quantitative estimate of drug-likeness (QED) is 0.328. The standard InChI is InChI=1S/C26H25N3O7S/c1-15(30)29(13-16-7-9-18(10-8-16)36-17-5-3-2-4-6-17)14-20-22-19(11-12-27-20)21(25(32)33)24(37-22)28-23(31)26(34)35/h2-10,20,27H,11-14H2,1H3,(H,28,31)(H,32,33)(H,34,35). The number of carbonyl (C=O) groups excluding carboxylic acids is 2. The molecule has 4 N–H and O–H groups in total. The van der Waals surface area contributed by atoms with E-state index in [-0.39, 0.29) is 29.1 Å². The van der Waals surface area contributed by atoms with Crippen molar-refractivity contribution in [1.29, 1.82) is 0 Å². The molecule has 2 aromatic carbocycles. The fourth-order valence-corrected chi connectivity index (χ4v) is 5.43. The number of anilines is 1. The number of nitrogens with zero attached hydrogens (tertiary/aromatic N) is 1. The van der Waals surface area contributed by atoms with Gasteiger partial charge in [-0.1, -0.05) is 30.3 Å². The van der Waals surface area contributed by atoms with Gasteiger partial charge in [-0.25, -0.2) is 9.59 Å². The van der Waals surface area contributed by atoms with Crippen molar-refractivity contribution in [2.24, 2.45) is 0 Å². The van der Waals surface area contributed by atoms with Crippen LogP contribution in [0.5, 0.6) is 11.5 Å². The van der Waals surface area contributed by atoms with Crippen LogP contribution < -0.4 is 15.4 Å². The van der Waals surface area contributed by atoms with Crippen LogP contribution in [-0.2, 0) is 27.3 Å². The zero-order chi connectivity index (χ0) is 26.5. The van der Waals surface area contributed by atoms with Gasteiger partial charge in [-0.05, 0) is 48.4 Å². The SMILES string of the molecule is CC(=O)N(Cc1ccc(Oc2ccccc2)cc1)CC1NCCc2c1sc(NC(=O)C(=O)O)c2C(=O)O. The van der Waals surface area contributed by atoms with E-state index in [0.717, 1.165) is 22.6 Å². The summed E-state index contributed by atoms with van der Waals surface area (Å²) in [4.78, 5) is 49.4. The van der Waals surface area contributed by atoms with Gasteiger partial charge in [0.2, 0.25) is 5.91 Å². The van der Waals surface area contributed by atoms with Crippen LogP contribution in [0.15, 0.2) is 54.6 Å². The van der Waals surface area contributed by atoms with E-state index in [4.69, 9.17) is 9.84 Å². The second kappa shape index (κ2) is 11.2. The Labute approximate surface area is 216 Å². The van der Waals surface area contributed by atoms with Crippen molar-refractivity contribution in [3.63, 3.8) is 0 Å². The number of hydrogen-bond acceptors (Lipinski definition) is 7. The van der Waals surface area contributed by atoms with Gasteiger partial charge >= 0.3 is 17.8 Å². The lowest BCUT2D eigenvalue weighted by molar-refractivity contribution is -0.147. The topological polar surface area (TPSA) is 145 Å². The Balaban J connectivity index is 1.51. The van der Waals surface area contributed by atoms with Crippen LogP contribution in [0.25, 0.3) is 0 Å². The first-order valence-electron chi connectivity index (χ1n) is 11.5. The fourth-order valence-electron chi connectivity index (χ4n) is 4.13. The van der Waals surface area contributed by atoms with Gasteiger partial charge in [0.25, 0.3) is 0 Å². The molecule has 0 radical (unpaired) electrons. The van der Waals surface area contributed by atoms with E-state index < -0.39 is 17.8 Å². The van der Waals surface area contributed by atoms with Crippen molar-refractivity contribution >= 4 is 40.1 Å². The zero-order valence-electron chi connectivity index (χ0n) is 19.9. The van der Waals surface area contributed by atoms with Gasteiger partial charge in [0.1, 0.15) is 16.5 Å². The fraction of sp³-hybridized carbons (Fsp3) is 0.231. The molecule has 1 unspecified atom stereocenters. The first-order valence-corrected chi connectivity index (χ1v) is 12.3. The minimum Gasteiger partial charge on any atom is -0.478 e. The van der Waals surface area contributed by atoms with E-state index >= 15 is 0 Å². The van der Waals surface area contributed by atoms with Crippen LogP contribution in [0.2, 0.25) is 0 Å². The number of aromatic carboxylic acids is 1. The third-order valence-corrected chi connectivity index (χ3v) is 7.14. The number of amides is 2. The second-order valence-electron chi connectivity index (χ2n) is 8.43. The minimum absolute atomic E-state index is 0.0259. The van der Waals surface area contributed by atoms with Crippen LogP contribution in [0, 0.1) is 0 Å². The maximum absolute atomic E-state index is 12.5. The number of benzene rings is 2. The minimum atomic E-state index is -1.71. The Morgan fingerprint density at radius 1 is 1.05 bits per heavy atom. The lowest BCUT2D eigenvalue weighted by atomic mass is 9.98. The maximum Gasteiger partial charge on any atom is 0.394 e. The predicted molar refractivity (Wildman–Crippen MR) is 136 cm³/mol. The van der Waals surface area contributed by atoms with Gasteiger partial charge in [0.05, 0.1) is 11.6 Å². The number of carbonyl (C=O) groups is 4. The molecule has 0 aliphatic carbocycles. The molecule has 192 valence electrons. The summed E-state index contributed by atoms with van der Waals surface area (Å²) in [5.41, 5.74) is 1.32. The smallest absolute Gasteiger partial charge is 0.394 e. The van der Waals surface area contributed by atoms with Crippen molar-refractivity contribution in [2.75, 3.05) is 18.4 Å². The molecule has 4 rings (SSSR count). The lowest BCUT2D eigenvalue weighted by Gasteiger charge is -2.30. The van der Waals surface area contributed by atoms with Gasteiger partial charge in [0.15, 0.2) is 0 Å². The number of rotatable bonds is 8. The van der Waals surface area contributed by atoms with Gasteiger partial charge in [-0.15, -0.1) is 11.3 Å². The number of carboxylic acid groups (broad SMARTS) is 2. The first kappa shape index (κ1) is 25.9. The van der Waals surface area contributed by atoms with Crippen molar-refractivity contribution < 1.29 is 34.1 Å². The molecular weight excluding hydrogens is 498 g/mol. The number of carboxylic acids is 2. The highest BCUT2D eigenvalue weighted by molar-refractivity contribution is 7.17. The summed E-state index contributed by atoms with van der Waals surface area (Å²) in [5.74, 6) is -3.04. The average Bonchev–Trinajstić information content (AvgIpc) is 3.24. The number of aliphatic carboxylic acids is 1. The third-order valence-electron chi connectivity index (χ3n) is 5.88. The number of para-hydroxylation sites is 1. The molecule has 37 heavy (non-hydrogen) atoms. The van der Waals surface area contributed by atoms with Crippen LogP contribution in [0.3, 0.4) is 0 Å². The van der Waals surface area contributed by atoms with Crippen molar-refractivity contribution in [1.82, 2.24) is 10.2 Å². The summed E-state index contributed by atoms with van der Waals surface area (Å²) in [7, 11) is 0. The summed E-state index contributed by atoms with van der Waals surface area (Å²) in [6.07, 6.45) is 0.399. The van der Waals surface area contributed by atoms with Crippen molar-refractivity contribution in [2.45, 2.75) is 25.9 Å². The molecule has 2 heterocycles. The number of fused-ring (bicyclic) bond motifs is 1. The van der Waals surface area contributed by atoms with Crippen LogP contribution in [0.1, 0.15) is 39.3 Å². The van der Waals surface area contributed by atoms with E-state index in [2.05, 4.69) is 10.6 Å². The Morgan fingerprint density at radius 2 is 1.73 bits per heavy atom. The molecular formula is C26H25N3O7S. The summed E-state index contributed by atoms with van der Waals surface area (Å²) >= 11 is 1.01. The predicted octanol–water partition coefficient (Wildman–Crippen LogP) is 3.50. The van der Waals surface area contributed by atoms with E-state index in [1.807, 2.05) is 54.6 Å². The van der Waals surface area contributed by atoms with Gasteiger partial charge < -0.3 is 30.5 Å². The Kier molecular flexibility index (Phi) is 7.85. The molecule has 11 heteroatoms. The van der Waals surface area contributed by atoms with Gasteiger partial charge in [0, 0.05) is 24.9 Å². The summed E-state index contributed by atoms with van der Waals surface area (Å²) in [6.45, 7) is 2.52.